The Balaban J connectivity index is 2.71. The van der Waals surface area contributed by atoms with Gasteiger partial charge in [0, 0.05) is 7.11 Å². The molecule has 1 aromatic rings. The molecule has 0 atom stereocenters. The topological polar surface area (TPSA) is 75.6 Å². The average Bonchev–Trinajstić information content (AvgIpc) is 2.52. The van der Waals surface area contributed by atoms with Crippen molar-refractivity contribution < 1.29 is 19.4 Å². The second-order valence-electron chi connectivity index (χ2n) is 2.45. The molecule has 1 aromatic heterocycles. The summed E-state index contributed by atoms with van der Waals surface area (Å²) in [4.78, 5) is 21.8. The lowest BCUT2D eigenvalue weighted by Crippen LogP contribution is -2.18. The van der Waals surface area contributed by atoms with E-state index >= 15 is 0 Å². The zero-order valence-corrected chi connectivity index (χ0v) is 8.26. The van der Waals surface area contributed by atoms with E-state index in [0.717, 1.165) is 11.3 Å². The quantitative estimate of drug-likeness (QED) is 0.786. The molecule has 0 spiro atoms. The Hall–Kier alpha value is -1.40. The molecule has 0 saturated heterocycles. The summed E-state index contributed by atoms with van der Waals surface area (Å²) < 4.78 is 4.60. The summed E-state index contributed by atoms with van der Waals surface area (Å²) in [6.07, 6.45) is 0. The van der Waals surface area contributed by atoms with Gasteiger partial charge in [-0.15, -0.1) is 11.3 Å². The SMILES string of the molecule is COCC(=O)Nc1ccsc1C(=O)O. The molecule has 14 heavy (non-hydrogen) atoms. The number of ether oxygens (including phenoxy) is 1. The summed E-state index contributed by atoms with van der Waals surface area (Å²) in [7, 11) is 1.39. The van der Waals surface area contributed by atoms with E-state index in [1.807, 2.05) is 0 Å². The third-order valence-corrected chi connectivity index (χ3v) is 2.31. The van der Waals surface area contributed by atoms with Gasteiger partial charge in [0.25, 0.3) is 0 Å². The van der Waals surface area contributed by atoms with Crippen LogP contribution >= 0.6 is 11.3 Å². The predicted molar refractivity (Wildman–Crippen MR) is 51.8 cm³/mol. The Bertz CT molecular complexity index is 347. The lowest BCUT2D eigenvalue weighted by molar-refractivity contribution is -0.119. The van der Waals surface area contributed by atoms with Crippen LogP contribution in [0.15, 0.2) is 11.4 Å². The molecule has 0 saturated carbocycles. The van der Waals surface area contributed by atoms with Crippen molar-refractivity contribution in [1.29, 1.82) is 0 Å². The second-order valence-corrected chi connectivity index (χ2v) is 3.37. The molecule has 1 rings (SSSR count). The van der Waals surface area contributed by atoms with Gasteiger partial charge in [0.2, 0.25) is 5.91 Å². The average molecular weight is 215 g/mol. The first-order valence-corrected chi connectivity index (χ1v) is 4.62. The highest BCUT2D eigenvalue weighted by Crippen LogP contribution is 2.21. The van der Waals surface area contributed by atoms with Gasteiger partial charge >= 0.3 is 5.97 Å². The summed E-state index contributed by atoms with van der Waals surface area (Å²) >= 11 is 1.06. The van der Waals surface area contributed by atoms with E-state index in [9.17, 15) is 9.59 Å². The Labute approximate surface area is 84.3 Å². The molecular formula is C8H9NO4S. The fourth-order valence-corrected chi connectivity index (χ4v) is 1.58. The Morgan fingerprint density at radius 1 is 1.64 bits per heavy atom. The van der Waals surface area contributed by atoms with Crippen LogP contribution in [0.25, 0.3) is 0 Å². The normalized spacial score (nSPS) is 9.79. The van der Waals surface area contributed by atoms with Crippen LogP contribution in [0.1, 0.15) is 9.67 Å². The van der Waals surface area contributed by atoms with Crippen LogP contribution in [-0.2, 0) is 9.53 Å². The van der Waals surface area contributed by atoms with Gasteiger partial charge in [-0.25, -0.2) is 4.79 Å². The largest absolute Gasteiger partial charge is 0.477 e. The maximum Gasteiger partial charge on any atom is 0.348 e. The maximum absolute atomic E-state index is 11.1. The molecule has 0 fully saturated rings. The Morgan fingerprint density at radius 2 is 2.36 bits per heavy atom. The van der Waals surface area contributed by atoms with E-state index in [-0.39, 0.29) is 17.4 Å². The van der Waals surface area contributed by atoms with E-state index in [4.69, 9.17) is 5.11 Å². The summed E-state index contributed by atoms with van der Waals surface area (Å²) in [5.74, 6) is -1.42. The number of methoxy groups -OCH3 is 1. The zero-order valence-electron chi connectivity index (χ0n) is 7.44. The number of aromatic carboxylic acids is 1. The van der Waals surface area contributed by atoms with Crippen molar-refractivity contribution >= 4 is 28.9 Å². The number of rotatable bonds is 4. The van der Waals surface area contributed by atoms with Gasteiger partial charge in [-0.3, -0.25) is 4.79 Å². The zero-order chi connectivity index (χ0) is 10.6. The lowest BCUT2D eigenvalue weighted by Gasteiger charge is -2.02. The van der Waals surface area contributed by atoms with Crippen molar-refractivity contribution in [1.82, 2.24) is 0 Å². The van der Waals surface area contributed by atoms with Crippen LogP contribution < -0.4 is 5.32 Å². The van der Waals surface area contributed by atoms with Gasteiger partial charge in [-0.2, -0.15) is 0 Å². The van der Waals surface area contributed by atoms with E-state index in [1.54, 1.807) is 11.4 Å². The number of carbonyl (C=O) groups is 2. The molecule has 0 radical (unpaired) electrons. The monoisotopic (exact) mass is 215 g/mol. The third kappa shape index (κ3) is 2.54. The molecule has 0 unspecified atom stereocenters. The van der Waals surface area contributed by atoms with E-state index < -0.39 is 5.97 Å². The molecule has 6 heteroatoms. The Kier molecular flexibility index (Phi) is 3.61. The highest BCUT2D eigenvalue weighted by Gasteiger charge is 2.13. The van der Waals surface area contributed by atoms with Gasteiger partial charge in [0.1, 0.15) is 11.5 Å². The number of anilines is 1. The minimum absolute atomic E-state index is 0.0884. The predicted octanol–water partition coefficient (Wildman–Crippen LogP) is 1.03. The van der Waals surface area contributed by atoms with Crippen molar-refractivity contribution in [2.24, 2.45) is 0 Å². The van der Waals surface area contributed by atoms with Crippen LogP contribution in [-0.4, -0.2) is 30.7 Å². The third-order valence-electron chi connectivity index (χ3n) is 1.41. The van der Waals surface area contributed by atoms with Crippen molar-refractivity contribution in [3.8, 4) is 0 Å². The lowest BCUT2D eigenvalue weighted by atomic mass is 10.4. The first-order valence-electron chi connectivity index (χ1n) is 3.74. The number of thiophene rings is 1. The summed E-state index contributed by atoms with van der Waals surface area (Å²) in [6, 6.07) is 1.54. The summed E-state index contributed by atoms with van der Waals surface area (Å²) in [5, 5.41) is 12.8. The van der Waals surface area contributed by atoms with E-state index in [1.165, 1.54) is 7.11 Å². The van der Waals surface area contributed by atoms with Crippen molar-refractivity contribution in [2.75, 3.05) is 19.0 Å². The molecule has 5 nitrogen and oxygen atoms in total. The molecule has 2 N–H and O–H groups in total. The number of carboxylic acids is 1. The fraction of sp³-hybridized carbons (Fsp3) is 0.250. The number of amides is 1. The van der Waals surface area contributed by atoms with Gasteiger partial charge in [0.05, 0.1) is 5.69 Å². The first-order chi connectivity index (χ1) is 6.65. The van der Waals surface area contributed by atoms with Crippen molar-refractivity contribution in [3.63, 3.8) is 0 Å². The van der Waals surface area contributed by atoms with Crippen LogP contribution in [0.5, 0.6) is 0 Å². The first kappa shape index (κ1) is 10.7. The highest BCUT2D eigenvalue weighted by molar-refractivity contribution is 7.12. The van der Waals surface area contributed by atoms with Gasteiger partial charge in [0.15, 0.2) is 0 Å². The van der Waals surface area contributed by atoms with Crippen LogP contribution in [0.2, 0.25) is 0 Å². The highest BCUT2D eigenvalue weighted by atomic mass is 32.1. The minimum Gasteiger partial charge on any atom is -0.477 e. The molecule has 76 valence electrons. The summed E-state index contributed by atoms with van der Waals surface area (Å²) in [6.45, 7) is -0.0884. The van der Waals surface area contributed by atoms with Gasteiger partial charge < -0.3 is 15.2 Å². The van der Waals surface area contributed by atoms with E-state index in [2.05, 4.69) is 10.1 Å². The Morgan fingerprint density at radius 3 is 2.93 bits per heavy atom. The number of carbonyl (C=O) groups excluding carboxylic acids is 1. The molecule has 0 aliphatic heterocycles. The smallest absolute Gasteiger partial charge is 0.348 e. The maximum atomic E-state index is 11.1. The standard InChI is InChI=1S/C8H9NO4S/c1-13-4-6(10)9-5-2-3-14-7(5)8(11)12/h2-3H,4H2,1H3,(H,9,10)(H,11,12). The van der Waals surface area contributed by atoms with Crippen molar-refractivity contribution in [2.45, 2.75) is 0 Å². The number of carboxylic acid groups (broad SMARTS) is 1. The number of nitrogens with one attached hydrogen (secondary N) is 1. The molecule has 0 aromatic carbocycles. The second kappa shape index (κ2) is 4.73. The number of hydrogen-bond donors (Lipinski definition) is 2. The molecule has 0 bridgehead atoms. The molecule has 1 heterocycles. The van der Waals surface area contributed by atoms with Crippen LogP contribution in [0.3, 0.4) is 0 Å². The fourth-order valence-electron chi connectivity index (χ4n) is 0.891. The minimum atomic E-state index is -1.05. The van der Waals surface area contributed by atoms with Gasteiger partial charge in [-0.1, -0.05) is 0 Å². The van der Waals surface area contributed by atoms with Gasteiger partial charge in [-0.05, 0) is 11.4 Å². The summed E-state index contributed by atoms with van der Waals surface area (Å²) in [5.41, 5.74) is 0.310. The molecule has 0 aliphatic carbocycles. The number of hydrogen-bond acceptors (Lipinski definition) is 4. The van der Waals surface area contributed by atoms with E-state index in [0.29, 0.717) is 5.69 Å². The molecular weight excluding hydrogens is 206 g/mol. The molecule has 1 amide bonds. The molecule has 0 aliphatic rings. The van der Waals surface area contributed by atoms with Crippen LogP contribution in [0.4, 0.5) is 5.69 Å². The van der Waals surface area contributed by atoms with Crippen LogP contribution in [0, 0.1) is 0 Å². The van der Waals surface area contributed by atoms with Crippen molar-refractivity contribution in [3.05, 3.63) is 16.3 Å².